The second-order valence-electron chi connectivity index (χ2n) is 7.10. The van der Waals surface area contributed by atoms with Crippen LogP contribution in [0.3, 0.4) is 0 Å². The number of epoxide rings is 1. The number of aliphatic hydroxyl groups excluding tert-OH is 2. The summed E-state index contributed by atoms with van der Waals surface area (Å²) in [6.07, 6.45) is 10.5. The highest BCUT2D eigenvalue weighted by Gasteiger charge is 2.40. The van der Waals surface area contributed by atoms with Crippen LogP contribution in [0.25, 0.3) is 0 Å². The Morgan fingerprint density at radius 3 is 2.73 bits per heavy atom. The molecule has 1 aromatic rings. The Kier molecular flexibility index (Phi) is 9.70. The Morgan fingerprint density at radius 2 is 1.92 bits per heavy atom. The molecule has 3 atom stereocenters. The number of hydrogen-bond acceptors (Lipinski definition) is 4. The van der Waals surface area contributed by atoms with Gasteiger partial charge in [-0.3, -0.25) is 0 Å². The average Bonchev–Trinajstić information content (AvgIpc) is 3.43. The van der Waals surface area contributed by atoms with E-state index in [1.165, 1.54) is 32.1 Å². The SMILES string of the molecule is CCCCCCCCC(O)C#Cc1cccc(C2OC2CCCCO)n1. The molecule has 2 N–H and O–H groups in total. The van der Waals surface area contributed by atoms with E-state index in [9.17, 15) is 5.11 Å². The molecule has 1 aromatic heterocycles. The van der Waals surface area contributed by atoms with Crippen molar-refractivity contribution >= 4 is 0 Å². The molecule has 4 heteroatoms. The molecule has 0 aliphatic carbocycles. The van der Waals surface area contributed by atoms with Gasteiger partial charge in [0.2, 0.25) is 0 Å². The van der Waals surface area contributed by atoms with Crippen LogP contribution in [-0.2, 0) is 4.74 Å². The van der Waals surface area contributed by atoms with Gasteiger partial charge in [-0.2, -0.15) is 0 Å². The molecule has 1 fully saturated rings. The minimum atomic E-state index is -0.574. The Balaban J connectivity index is 1.72. The highest BCUT2D eigenvalue weighted by atomic mass is 16.6. The summed E-state index contributed by atoms with van der Waals surface area (Å²) in [5.74, 6) is 5.91. The van der Waals surface area contributed by atoms with Crippen LogP contribution in [0.15, 0.2) is 18.2 Å². The van der Waals surface area contributed by atoms with Gasteiger partial charge in [-0.05, 0) is 50.2 Å². The average molecular weight is 360 g/mol. The Morgan fingerprint density at radius 1 is 1.12 bits per heavy atom. The summed E-state index contributed by atoms with van der Waals surface area (Å²) in [7, 11) is 0. The zero-order valence-corrected chi connectivity index (χ0v) is 16.0. The van der Waals surface area contributed by atoms with E-state index < -0.39 is 6.10 Å². The molecule has 0 amide bonds. The highest BCUT2D eigenvalue weighted by molar-refractivity contribution is 5.31. The number of hydrogen-bond donors (Lipinski definition) is 2. The van der Waals surface area contributed by atoms with Crippen molar-refractivity contribution in [3.8, 4) is 11.8 Å². The molecule has 2 rings (SSSR count). The molecule has 26 heavy (non-hydrogen) atoms. The van der Waals surface area contributed by atoms with E-state index in [2.05, 4.69) is 23.7 Å². The van der Waals surface area contributed by atoms with Crippen molar-refractivity contribution < 1.29 is 14.9 Å². The maximum absolute atomic E-state index is 10.0. The number of ether oxygens (including phenoxy) is 1. The van der Waals surface area contributed by atoms with Crippen LogP contribution in [0.5, 0.6) is 0 Å². The number of aliphatic hydroxyl groups is 2. The number of pyridine rings is 1. The lowest BCUT2D eigenvalue weighted by Crippen LogP contribution is -2.02. The van der Waals surface area contributed by atoms with Crippen LogP contribution in [0.4, 0.5) is 0 Å². The van der Waals surface area contributed by atoms with Crippen molar-refractivity contribution in [1.82, 2.24) is 4.98 Å². The summed E-state index contributed by atoms with van der Waals surface area (Å²) < 4.78 is 5.68. The lowest BCUT2D eigenvalue weighted by molar-refractivity contribution is 0.217. The lowest BCUT2D eigenvalue weighted by atomic mass is 10.1. The highest BCUT2D eigenvalue weighted by Crippen LogP contribution is 2.40. The quantitative estimate of drug-likeness (QED) is 0.334. The van der Waals surface area contributed by atoms with Crippen LogP contribution < -0.4 is 0 Å². The fraction of sp³-hybridized carbons (Fsp3) is 0.682. The van der Waals surface area contributed by atoms with Crippen molar-refractivity contribution in [1.29, 1.82) is 0 Å². The third-order valence-electron chi connectivity index (χ3n) is 4.74. The fourth-order valence-electron chi connectivity index (χ4n) is 3.11. The Bertz CT molecular complexity index is 578. The first-order valence-corrected chi connectivity index (χ1v) is 10.2. The van der Waals surface area contributed by atoms with E-state index in [0.29, 0.717) is 5.69 Å². The van der Waals surface area contributed by atoms with Gasteiger partial charge in [0, 0.05) is 6.61 Å². The first-order valence-electron chi connectivity index (χ1n) is 10.2. The lowest BCUT2D eigenvalue weighted by Gasteiger charge is -2.03. The molecule has 4 nitrogen and oxygen atoms in total. The van der Waals surface area contributed by atoms with Crippen molar-refractivity contribution in [3.05, 3.63) is 29.6 Å². The summed E-state index contributed by atoms with van der Waals surface area (Å²) in [6, 6.07) is 5.78. The maximum Gasteiger partial charge on any atom is 0.126 e. The molecule has 144 valence electrons. The molecular formula is C22H33NO3. The largest absolute Gasteiger partial charge is 0.396 e. The van der Waals surface area contributed by atoms with Gasteiger partial charge in [-0.25, -0.2) is 4.98 Å². The number of unbranched alkanes of at least 4 members (excludes halogenated alkanes) is 6. The molecule has 1 aliphatic rings. The first kappa shape index (κ1) is 20.9. The van der Waals surface area contributed by atoms with E-state index in [4.69, 9.17) is 9.84 Å². The predicted molar refractivity (Wildman–Crippen MR) is 104 cm³/mol. The van der Waals surface area contributed by atoms with E-state index in [0.717, 1.165) is 37.8 Å². The maximum atomic E-state index is 10.0. The molecule has 0 radical (unpaired) electrons. The molecule has 0 bridgehead atoms. The second kappa shape index (κ2) is 12.1. The Labute approximate surface area is 158 Å². The summed E-state index contributed by atoms with van der Waals surface area (Å²) >= 11 is 0. The van der Waals surface area contributed by atoms with Gasteiger partial charge in [0.25, 0.3) is 0 Å². The zero-order valence-electron chi connectivity index (χ0n) is 16.0. The summed E-state index contributed by atoms with van der Waals surface area (Å²) in [5, 5.41) is 18.9. The minimum absolute atomic E-state index is 0.0588. The van der Waals surface area contributed by atoms with E-state index in [1.54, 1.807) is 0 Å². The van der Waals surface area contributed by atoms with Gasteiger partial charge in [-0.15, -0.1) is 0 Å². The smallest absolute Gasteiger partial charge is 0.126 e. The minimum Gasteiger partial charge on any atom is -0.396 e. The van der Waals surface area contributed by atoms with Crippen molar-refractivity contribution in [2.24, 2.45) is 0 Å². The van der Waals surface area contributed by atoms with E-state index >= 15 is 0 Å². The van der Waals surface area contributed by atoms with Gasteiger partial charge >= 0.3 is 0 Å². The molecular weight excluding hydrogens is 326 g/mol. The summed E-state index contributed by atoms with van der Waals surface area (Å²) in [5.41, 5.74) is 1.60. The third-order valence-corrected chi connectivity index (χ3v) is 4.74. The Hall–Kier alpha value is -1.41. The normalized spacial score (nSPS) is 19.7. The second-order valence-corrected chi connectivity index (χ2v) is 7.10. The topological polar surface area (TPSA) is 65.9 Å². The molecule has 1 aliphatic heterocycles. The van der Waals surface area contributed by atoms with Gasteiger partial charge < -0.3 is 14.9 Å². The fourth-order valence-corrected chi connectivity index (χ4v) is 3.11. The third kappa shape index (κ3) is 7.86. The number of aromatic nitrogens is 1. The monoisotopic (exact) mass is 359 g/mol. The van der Waals surface area contributed by atoms with Crippen molar-refractivity contribution in [2.45, 2.75) is 89.4 Å². The predicted octanol–water partition coefficient (Wildman–Crippen LogP) is 4.15. The molecule has 0 saturated carbocycles. The summed E-state index contributed by atoms with van der Waals surface area (Å²) in [6.45, 7) is 2.46. The zero-order chi connectivity index (χ0) is 18.6. The van der Waals surface area contributed by atoms with Crippen molar-refractivity contribution in [3.63, 3.8) is 0 Å². The van der Waals surface area contributed by atoms with Crippen LogP contribution >= 0.6 is 0 Å². The van der Waals surface area contributed by atoms with Crippen LogP contribution in [-0.4, -0.2) is 34.0 Å². The summed E-state index contributed by atoms with van der Waals surface area (Å²) in [4.78, 5) is 4.56. The molecule has 0 aromatic carbocycles. The molecule has 0 spiro atoms. The van der Waals surface area contributed by atoms with Gasteiger partial charge in [0.15, 0.2) is 0 Å². The molecule has 1 saturated heterocycles. The number of nitrogens with zero attached hydrogens (tertiary/aromatic N) is 1. The molecule has 3 unspecified atom stereocenters. The van der Waals surface area contributed by atoms with Crippen molar-refractivity contribution in [2.75, 3.05) is 6.61 Å². The van der Waals surface area contributed by atoms with Crippen LogP contribution in [0, 0.1) is 11.8 Å². The van der Waals surface area contributed by atoms with Gasteiger partial charge in [0.05, 0.1) is 11.8 Å². The standard InChI is InChI=1S/C22H33NO3/c1-2-3-4-5-6-7-12-19(25)16-15-18-11-10-13-20(23-18)22-21(26-22)14-8-9-17-24/h10-11,13,19,21-22,24-25H,2-9,12,14,17H2,1H3. The van der Waals surface area contributed by atoms with Crippen LogP contribution in [0.2, 0.25) is 0 Å². The van der Waals surface area contributed by atoms with Gasteiger partial charge in [0.1, 0.15) is 17.9 Å². The van der Waals surface area contributed by atoms with E-state index in [-0.39, 0.29) is 18.8 Å². The first-order chi connectivity index (χ1) is 12.7. The van der Waals surface area contributed by atoms with Crippen LogP contribution in [0.1, 0.15) is 88.6 Å². The number of rotatable bonds is 12. The van der Waals surface area contributed by atoms with E-state index in [1.807, 2.05) is 18.2 Å². The molecule has 2 heterocycles. The van der Waals surface area contributed by atoms with Gasteiger partial charge in [-0.1, -0.05) is 51.0 Å².